The van der Waals surface area contributed by atoms with Crippen LogP contribution in [-0.4, -0.2) is 216 Å². The number of nitrogens with zero attached hydrogens (tertiary/aromatic N) is 6. The molecule has 35 nitrogen and oxygen atoms in total. The van der Waals surface area contributed by atoms with Crippen LogP contribution in [0.2, 0.25) is 0 Å². The Morgan fingerprint density at radius 3 is 2.14 bits per heavy atom. The number of aliphatic hydroxyl groups is 1. The molecule has 2 saturated heterocycles. The minimum absolute atomic E-state index is 0.0143. The van der Waals surface area contributed by atoms with Gasteiger partial charge in [-0.25, -0.2) is 24.5 Å². The number of aliphatic hydroxyl groups excluding tert-OH is 1. The molecule has 7 N–H and O–H groups in total. The van der Waals surface area contributed by atoms with E-state index in [-0.39, 0.29) is 81.0 Å². The molecule has 5 aromatic rings. The van der Waals surface area contributed by atoms with Gasteiger partial charge in [-0.3, -0.25) is 38.8 Å². The summed E-state index contributed by atoms with van der Waals surface area (Å²) < 4.78 is 101. The van der Waals surface area contributed by atoms with Crippen molar-refractivity contribution in [3.63, 3.8) is 0 Å². The number of hydrogen-bond acceptors (Lipinski definition) is 27. The van der Waals surface area contributed by atoms with E-state index in [1.54, 1.807) is 83.1 Å². The van der Waals surface area contributed by atoms with E-state index in [0.717, 1.165) is 0 Å². The summed E-state index contributed by atoms with van der Waals surface area (Å²) in [7, 11) is -4.26. The fraction of sp³-hybridized carbons (Fsp3) is 0.571. The predicted octanol–water partition coefficient (Wildman–Crippen LogP) is 4.76. The van der Waals surface area contributed by atoms with Crippen molar-refractivity contribution < 1.29 is 104 Å². The van der Waals surface area contributed by atoms with Crippen molar-refractivity contribution in [1.82, 2.24) is 50.3 Å². The summed E-state index contributed by atoms with van der Waals surface area (Å²) in [5, 5.41) is 24.8. The number of aromatic nitrogens is 6. The molecule has 6 amide bonds. The highest BCUT2D eigenvalue weighted by molar-refractivity contribution is 7.33. The number of benzene rings is 2. The van der Waals surface area contributed by atoms with Crippen molar-refractivity contribution in [1.29, 1.82) is 0 Å². The first-order chi connectivity index (χ1) is 48.0. The van der Waals surface area contributed by atoms with Crippen LogP contribution >= 0.6 is 16.5 Å². The molecule has 3 aromatic heterocycles. The lowest BCUT2D eigenvalue weighted by Gasteiger charge is -2.24. The Morgan fingerprint density at radius 1 is 0.790 bits per heavy atom. The molecule has 1 saturated carbocycles. The fourth-order valence-electron chi connectivity index (χ4n) is 10.3. The maximum Gasteiger partial charge on any atom is 0.697 e. The summed E-state index contributed by atoms with van der Waals surface area (Å²) >= 11 is 0. The molecule has 3 fully saturated rings. The zero-order valence-electron chi connectivity index (χ0n) is 56.4. The number of imidazole rings is 1. The molecule has 37 heteroatoms. The Bertz CT molecular complexity index is 3610. The Labute approximate surface area is 577 Å². The number of hydrogen-bond donors (Lipinski definition) is 7. The molecular formula is C63H86N12O23P2+2. The van der Waals surface area contributed by atoms with E-state index in [0.29, 0.717) is 81.9 Å². The van der Waals surface area contributed by atoms with E-state index >= 15 is 0 Å². The minimum atomic E-state index is -2.95. The largest absolute Gasteiger partial charge is 0.697 e. The highest BCUT2D eigenvalue weighted by atomic mass is 31.1. The van der Waals surface area contributed by atoms with Gasteiger partial charge in [0.2, 0.25) is 29.5 Å². The van der Waals surface area contributed by atoms with Gasteiger partial charge in [0.25, 0.3) is 11.5 Å². The van der Waals surface area contributed by atoms with Crippen LogP contribution in [0.25, 0.3) is 11.2 Å². The number of H-pyrrole nitrogens is 1. The van der Waals surface area contributed by atoms with Crippen molar-refractivity contribution in [3.8, 4) is 5.88 Å². The summed E-state index contributed by atoms with van der Waals surface area (Å²) in [5.41, 5.74) is -0.239. The van der Waals surface area contributed by atoms with Gasteiger partial charge in [0.1, 0.15) is 68.2 Å². The third-order valence-electron chi connectivity index (χ3n) is 15.3. The Hall–Kier alpha value is -8.15. The molecular weight excluding hydrogens is 1350 g/mol. The van der Waals surface area contributed by atoms with Crippen LogP contribution in [0, 0.1) is 11.8 Å². The predicted molar refractivity (Wildman–Crippen MR) is 353 cm³/mol. The van der Waals surface area contributed by atoms with Crippen LogP contribution in [0.5, 0.6) is 5.88 Å². The molecule has 1 aliphatic carbocycles. The van der Waals surface area contributed by atoms with Crippen LogP contribution in [0.15, 0.2) is 78.2 Å². The first-order valence-corrected chi connectivity index (χ1v) is 34.6. The van der Waals surface area contributed by atoms with Gasteiger partial charge in [-0.2, -0.15) is 4.98 Å². The van der Waals surface area contributed by atoms with Crippen LogP contribution < -0.4 is 36.9 Å². The highest BCUT2D eigenvalue weighted by Gasteiger charge is 2.54. The normalized spacial score (nSPS) is 20.8. The third kappa shape index (κ3) is 24.3. The maximum absolute atomic E-state index is 14.0. The highest BCUT2D eigenvalue weighted by Crippen LogP contribution is 2.45. The van der Waals surface area contributed by atoms with E-state index in [1.165, 1.54) is 48.4 Å². The SMILES string of the molecule is CC(C)[C@H](NC(=O)CCOCCOCCOCCOCCOCCNC(=O)OC(C)(C)C)C(=O)N[C@@H](C)C(=O)Nc1ccc(COC(=O)N(C)Cc2ccccc2C(=O)Nc2nc3c(ncn3[C@@H]3O[C@@H]4CO[P+](=O)O[C@H]5C[C@H](Oc6ccncn6)C[C@@H]5CO[P+](=O)O[C@@H]3[C@@H]4O)c(=O)[nH]2)cc1. The monoisotopic (exact) mass is 1440 g/mol. The lowest BCUT2D eigenvalue weighted by molar-refractivity contribution is -0.132. The average Bonchev–Trinajstić information content (AvgIpc) is 1.61. The number of carbonyl (C=O) groups is 6. The zero-order chi connectivity index (χ0) is 71.7. The molecule has 8 rings (SSSR count). The van der Waals surface area contributed by atoms with Crippen LogP contribution in [0.4, 0.5) is 21.2 Å². The number of fused-ring (bicyclic) bond motifs is 4. The number of alkyl carbamates (subject to hydrolysis) is 1. The molecule has 2 aromatic carbocycles. The van der Waals surface area contributed by atoms with E-state index < -0.39 is 125 Å². The Balaban J connectivity index is 0.723. The second-order valence-electron chi connectivity index (χ2n) is 24.5. The molecule has 11 atom stereocenters. The van der Waals surface area contributed by atoms with Crippen molar-refractivity contribution in [3.05, 3.63) is 100 Å². The van der Waals surface area contributed by atoms with Crippen LogP contribution in [-0.2, 0) is 92.7 Å². The summed E-state index contributed by atoms with van der Waals surface area (Å²) in [5.74, 6) is -3.01. The van der Waals surface area contributed by atoms with E-state index in [1.807, 2.05) is 0 Å². The van der Waals surface area contributed by atoms with Gasteiger partial charge in [-0.05, 0) is 69.4 Å². The number of anilines is 2. The third-order valence-corrected chi connectivity index (χ3v) is 16.9. The lowest BCUT2D eigenvalue weighted by atomic mass is 10.0. The number of nitrogens with one attached hydrogen (secondary N) is 6. The van der Waals surface area contributed by atoms with Crippen molar-refractivity contribution in [2.24, 2.45) is 11.8 Å². The Morgan fingerprint density at radius 2 is 1.46 bits per heavy atom. The first-order valence-electron chi connectivity index (χ1n) is 32.4. The van der Waals surface area contributed by atoms with E-state index in [9.17, 15) is 47.8 Å². The first kappa shape index (κ1) is 77.6. The smallest absolute Gasteiger partial charge is 0.474 e. The van der Waals surface area contributed by atoms with Crippen molar-refractivity contribution >= 4 is 75.1 Å². The molecule has 100 heavy (non-hydrogen) atoms. The number of ether oxygens (including phenoxy) is 9. The van der Waals surface area contributed by atoms with E-state index in [4.69, 9.17) is 60.7 Å². The van der Waals surface area contributed by atoms with Gasteiger partial charge in [0.05, 0.1) is 72.4 Å². The maximum atomic E-state index is 14.0. The van der Waals surface area contributed by atoms with Gasteiger partial charge in [0, 0.05) is 71.5 Å². The summed E-state index contributed by atoms with van der Waals surface area (Å²) in [6.07, 6.45) is -3.32. The van der Waals surface area contributed by atoms with Gasteiger partial charge in [-0.15, -0.1) is 18.1 Å². The average molecular weight is 1440 g/mol. The summed E-state index contributed by atoms with van der Waals surface area (Å²) in [6.45, 7) is 12.9. The van der Waals surface area contributed by atoms with Crippen LogP contribution in [0.1, 0.15) is 88.5 Å². The van der Waals surface area contributed by atoms with Crippen molar-refractivity contribution in [2.45, 2.75) is 128 Å². The fourth-order valence-corrected chi connectivity index (χ4v) is 11.9. The molecule has 5 heterocycles. The second-order valence-corrected chi connectivity index (χ2v) is 26.4. The molecule has 544 valence electrons. The summed E-state index contributed by atoms with van der Waals surface area (Å²) in [6, 6.07) is 12.5. The number of amides is 6. The van der Waals surface area contributed by atoms with Gasteiger partial charge in [0.15, 0.2) is 23.5 Å². The van der Waals surface area contributed by atoms with Crippen LogP contribution in [0.3, 0.4) is 0 Å². The lowest BCUT2D eigenvalue weighted by Crippen LogP contribution is -2.53. The van der Waals surface area contributed by atoms with Gasteiger partial charge in [-0.1, -0.05) is 44.2 Å². The summed E-state index contributed by atoms with van der Waals surface area (Å²) in [4.78, 5) is 112. The van der Waals surface area contributed by atoms with Gasteiger partial charge >= 0.3 is 28.7 Å². The number of rotatable bonds is 33. The number of carbonyl (C=O) groups excluding carboxylic acids is 6. The number of aromatic amines is 1. The van der Waals surface area contributed by atoms with Crippen molar-refractivity contribution in [2.75, 3.05) is 104 Å². The molecule has 0 spiro atoms. The van der Waals surface area contributed by atoms with Gasteiger partial charge < -0.3 is 73.9 Å². The minimum Gasteiger partial charge on any atom is -0.474 e. The zero-order valence-corrected chi connectivity index (χ0v) is 58.2. The molecule has 2 unspecified atom stereocenters. The van der Waals surface area contributed by atoms with E-state index in [2.05, 4.69) is 51.5 Å². The molecule has 3 aliphatic rings. The Kier molecular flexibility index (Phi) is 29.9. The quantitative estimate of drug-likeness (QED) is 0.0220. The molecule has 2 aliphatic heterocycles. The standard InChI is InChI=1S/C63H84N12O23P2/c1-38(2)50(70-48(76)17-20-86-22-24-88-26-28-90-29-27-89-25-23-87-21-19-65-61(82)96-63(4,5)6)57(80)68-39(3)55(78)69-43-14-12-40(13-15-43)33-91-62(83)74(7)32-41-10-8-9-11-45(41)56(79)72-60-71-54-51(58(81)73-60)67-37-75(54)59-53-52(77)47(95-59)35-93-99(84)97-46-31-44(94-49-16-18-64-36-66-49)30-42(46)34-92-100(85)98-53/h8-16,18,36-39,42,44,46-47,50,52-53,59,77H,17,19-35H2,1-7H3,(H4-2,65,68,69,70,71,72,73,76,78,79,80,81,82)/p+2/t39-,42+,44+,46-,47+,50-,52+,53+,59+/m0/s1. The molecule has 2 bridgehead atoms. The topological polar surface area (TPSA) is 430 Å². The molecule has 0 radical (unpaired) electrons. The second kappa shape index (κ2) is 38.6.